The summed E-state index contributed by atoms with van der Waals surface area (Å²) in [7, 11) is -4.17. The molecule has 3 amide bonds. The van der Waals surface area contributed by atoms with Crippen molar-refractivity contribution in [2.45, 2.75) is 11.3 Å². The van der Waals surface area contributed by atoms with Gasteiger partial charge in [0.15, 0.2) is 0 Å². The van der Waals surface area contributed by atoms with Crippen molar-refractivity contribution in [1.29, 1.82) is 5.26 Å². The molecule has 0 spiro atoms. The number of carbonyl (C=O) groups excluding carboxylic acids is 2. The van der Waals surface area contributed by atoms with Gasteiger partial charge in [0.05, 0.1) is 11.3 Å². The minimum Gasteiger partial charge on any atom is -0.274 e. The molecule has 1 N–H and O–H groups in total. The zero-order valence-corrected chi connectivity index (χ0v) is 10.7. The van der Waals surface area contributed by atoms with Crippen LogP contribution in [0.2, 0.25) is 0 Å². The van der Waals surface area contributed by atoms with Gasteiger partial charge in [0.1, 0.15) is 11.3 Å². The van der Waals surface area contributed by atoms with Gasteiger partial charge < -0.3 is 0 Å². The summed E-state index contributed by atoms with van der Waals surface area (Å²) in [6.07, 6.45) is -0.537. The molecular formula is C10H8N4O5S. The van der Waals surface area contributed by atoms with Gasteiger partial charge in [0.2, 0.25) is 5.91 Å². The van der Waals surface area contributed by atoms with Gasteiger partial charge in [-0.05, 0) is 12.1 Å². The normalized spacial score (nSPS) is 10.8. The lowest BCUT2D eigenvalue weighted by Crippen LogP contribution is -2.26. The third kappa shape index (κ3) is 4.83. The monoisotopic (exact) mass is 296 g/mol. The van der Waals surface area contributed by atoms with E-state index < -0.39 is 28.5 Å². The molecule has 20 heavy (non-hydrogen) atoms. The first-order valence-electron chi connectivity index (χ1n) is 5.06. The number of benzene rings is 1. The van der Waals surface area contributed by atoms with Crippen molar-refractivity contribution in [2.24, 2.45) is 10.4 Å². The number of imide groups is 1. The van der Waals surface area contributed by atoms with Gasteiger partial charge in [-0.3, -0.25) is 10.1 Å². The van der Waals surface area contributed by atoms with Crippen LogP contribution in [0.1, 0.15) is 6.42 Å². The highest BCUT2D eigenvalue weighted by Crippen LogP contribution is 2.11. The summed E-state index contributed by atoms with van der Waals surface area (Å²) in [5.74, 6) is -0.887. The molecule has 0 radical (unpaired) electrons. The van der Waals surface area contributed by atoms with Crippen LogP contribution in [0.25, 0.3) is 0 Å². The molecule has 0 aliphatic rings. The Morgan fingerprint density at radius 3 is 2.55 bits per heavy atom. The summed E-state index contributed by atoms with van der Waals surface area (Å²) in [5.41, 5.74) is 0. The van der Waals surface area contributed by atoms with E-state index in [0.717, 1.165) is 0 Å². The van der Waals surface area contributed by atoms with Crippen LogP contribution in [0.3, 0.4) is 0 Å². The van der Waals surface area contributed by atoms with Crippen LogP contribution in [0, 0.1) is 11.3 Å². The first-order chi connectivity index (χ1) is 9.45. The summed E-state index contributed by atoms with van der Waals surface area (Å²) < 4.78 is 27.2. The summed E-state index contributed by atoms with van der Waals surface area (Å²) >= 11 is 0. The van der Waals surface area contributed by atoms with Gasteiger partial charge in [0.25, 0.3) is 0 Å². The predicted octanol–water partition coefficient (Wildman–Crippen LogP) is 0.909. The first kappa shape index (κ1) is 15.3. The average molecular weight is 296 g/mol. The Morgan fingerprint density at radius 1 is 1.30 bits per heavy atom. The highest BCUT2D eigenvalue weighted by atomic mass is 32.2. The van der Waals surface area contributed by atoms with Crippen molar-refractivity contribution < 1.29 is 22.3 Å². The van der Waals surface area contributed by atoms with Crippen molar-refractivity contribution >= 4 is 22.1 Å². The highest BCUT2D eigenvalue weighted by Gasteiger charge is 2.15. The Hall–Kier alpha value is -2.80. The summed E-state index contributed by atoms with van der Waals surface area (Å²) in [5, 5.41) is 15.4. The van der Waals surface area contributed by atoms with E-state index in [1.165, 1.54) is 30.3 Å². The van der Waals surface area contributed by atoms with E-state index in [-0.39, 0.29) is 4.90 Å². The number of carbonyl (C=O) groups is 2. The van der Waals surface area contributed by atoms with Gasteiger partial charge in [-0.2, -0.15) is 13.7 Å². The zero-order valence-electron chi connectivity index (χ0n) is 9.88. The van der Waals surface area contributed by atoms with Crippen LogP contribution in [-0.2, 0) is 19.2 Å². The number of amides is 3. The fourth-order valence-corrected chi connectivity index (χ4v) is 1.69. The van der Waals surface area contributed by atoms with Crippen LogP contribution < -0.4 is 5.32 Å². The number of rotatable bonds is 4. The second-order valence-corrected chi connectivity index (χ2v) is 4.74. The van der Waals surface area contributed by atoms with E-state index in [2.05, 4.69) is 14.7 Å². The van der Waals surface area contributed by atoms with Crippen molar-refractivity contribution in [3.63, 3.8) is 0 Å². The lowest BCUT2D eigenvalue weighted by Gasteiger charge is -1.99. The van der Waals surface area contributed by atoms with Crippen LogP contribution >= 0.6 is 0 Å². The molecule has 0 saturated heterocycles. The minimum atomic E-state index is -4.17. The third-order valence-electron chi connectivity index (χ3n) is 1.78. The molecule has 0 aromatic heterocycles. The molecule has 0 aliphatic heterocycles. The van der Waals surface area contributed by atoms with Crippen molar-refractivity contribution in [1.82, 2.24) is 5.32 Å². The Kier molecular flexibility index (Phi) is 5.31. The zero-order chi connectivity index (χ0) is 15.0. The lowest BCUT2D eigenvalue weighted by atomic mass is 10.4. The molecule has 1 rings (SSSR count). The van der Waals surface area contributed by atoms with E-state index >= 15 is 0 Å². The topological polar surface area (TPSA) is 138 Å². The number of nitriles is 1. The Labute approximate surface area is 114 Å². The number of hydrogen-bond acceptors (Lipinski definition) is 7. The quantitative estimate of drug-likeness (QED) is 0.647. The van der Waals surface area contributed by atoms with Crippen LogP contribution in [0.15, 0.2) is 45.6 Å². The molecule has 9 nitrogen and oxygen atoms in total. The molecule has 0 atom stereocenters. The fraction of sp³-hybridized carbons (Fsp3) is 0.100. The second-order valence-electron chi connectivity index (χ2n) is 3.21. The van der Waals surface area contributed by atoms with Gasteiger partial charge >= 0.3 is 16.1 Å². The molecule has 10 heteroatoms. The molecule has 0 unspecified atom stereocenters. The molecule has 104 valence electrons. The van der Waals surface area contributed by atoms with Crippen molar-refractivity contribution in [3.05, 3.63) is 30.3 Å². The van der Waals surface area contributed by atoms with Gasteiger partial charge in [-0.1, -0.05) is 23.3 Å². The molecule has 0 saturated carbocycles. The largest absolute Gasteiger partial charge is 0.368 e. The summed E-state index contributed by atoms with van der Waals surface area (Å²) in [6.45, 7) is 0. The number of hydrogen-bond donors (Lipinski definition) is 1. The smallest absolute Gasteiger partial charge is 0.274 e. The number of urea groups is 1. The van der Waals surface area contributed by atoms with Gasteiger partial charge in [-0.15, -0.1) is 0 Å². The van der Waals surface area contributed by atoms with Crippen LogP contribution in [-0.4, -0.2) is 20.4 Å². The van der Waals surface area contributed by atoms with E-state index in [4.69, 9.17) is 5.26 Å². The first-order valence-corrected chi connectivity index (χ1v) is 6.47. The maximum Gasteiger partial charge on any atom is 0.368 e. The molecule has 0 fully saturated rings. The lowest BCUT2D eigenvalue weighted by molar-refractivity contribution is -0.119. The Bertz CT molecular complexity index is 663. The summed E-state index contributed by atoms with van der Waals surface area (Å²) in [6, 6.07) is 7.35. The molecule has 0 bridgehead atoms. The third-order valence-corrected chi connectivity index (χ3v) is 2.89. The molecule has 0 heterocycles. The van der Waals surface area contributed by atoms with Crippen LogP contribution in [0.4, 0.5) is 4.79 Å². The average Bonchev–Trinajstić information content (AvgIpc) is 2.39. The molecule has 1 aromatic rings. The number of nitrogens with one attached hydrogen (secondary N) is 1. The fourth-order valence-electron chi connectivity index (χ4n) is 0.988. The van der Waals surface area contributed by atoms with Crippen molar-refractivity contribution in [3.8, 4) is 6.07 Å². The molecule has 1 aromatic carbocycles. The highest BCUT2D eigenvalue weighted by molar-refractivity contribution is 7.86. The minimum absolute atomic E-state index is 0.167. The van der Waals surface area contributed by atoms with E-state index in [1.54, 1.807) is 11.4 Å². The van der Waals surface area contributed by atoms with E-state index in [0.29, 0.717) is 0 Å². The maximum absolute atomic E-state index is 11.5. The maximum atomic E-state index is 11.5. The standard InChI is InChI=1S/C10H8N4O5S/c11-7-6-9(15)12-10(16)13-14-19-20(17,18)8-4-2-1-3-5-8/h1-5H,6H2,(H,12,15,16)/b14-13-. The Balaban J connectivity index is 2.59. The van der Waals surface area contributed by atoms with Gasteiger partial charge in [0, 0.05) is 0 Å². The van der Waals surface area contributed by atoms with E-state index in [1.807, 2.05) is 0 Å². The summed E-state index contributed by atoms with van der Waals surface area (Å²) in [4.78, 5) is 21.6. The van der Waals surface area contributed by atoms with Gasteiger partial charge in [-0.25, -0.2) is 9.08 Å². The predicted molar refractivity (Wildman–Crippen MR) is 63.3 cm³/mol. The Morgan fingerprint density at radius 2 is 1.95 bits per heavy atom. The van der Waals surface area contributed by atoms with Crippen molar-refractivity contribution in [2.75, 3.05) is 0 Å². The molecule has 0 aliphatic carbocycles. The SMILES string of the molecule is N#CCC(=O)NC(=O)/N=N\OS(=O)(=O)c1ccccc1. The molecular weight excluding hydrogens is 288 g/mol. The second kappa shape index (κ2) is 6.95. The number of nitrogens with zero attached hydrogens (tertiary/aromatic N) is 3. The van der Waals surface area contributed by atoms with E-state index in [9.17, 15) is 18.0 Å². The van der Waals surface area contributed by atoms with Crippen LogP contribution in [0.5, 0.6) is 0 Å².